The van der Waals surface area contributed by atoms with Crippen molar-refractivity contribution in [2.75, 3.05) is 13.2 Å². The van der Waals surface area contributed by atoms with Gasteiger partial charge in [-0.2, -0.15) is 0 Å². The zero-order valence-electron chi connectivity index (χ0n) is 11.7. The largest absolute Gasteiger partial charge is 0.396 e. The van der Waals surface area contributed by atoms with Crippen molar-refractivity contribution in [3.8, 4) is 0 Å². The standard InChI is InChI=1S/C15H20N2O2/c1-5-10-19-17-13(4)15-9-7-8-14(11-15)12(3)16-18-6-2/h5,7-9,11H,1,6,10H2,2-4H3/b16-12+,17-13+. The lowest BCUT2D eigenvalue weighted by atomic mass is 10.1. The molecule has 0 amide bonds. The molecule has 0 unspecified atom stereocenters. The summed E-state index contributed by atoms with van der Waals surface area (Å²) in [6.07, 6.45) is 1.66. The molecule has 0 heterocycles. The highest BCUT2D eigenvalue weighted by atomic mass is 16.6. The maximum absolute atomic E-state index is 5.08. The summed E-state index contributed by atoms with van der Waals surface area (Å²) in [6, 6.07) is 7.93. The lowest BCUT2D eigenvalue weighted by Gasteiger charge is -2.05. The number of nitrogens with zero attached hydrogens (tertiary/aromatic N) is 2. The topological polar surface area (TPSA) is 43.2 Å². The molecule has 0 fully saturated rings. The minimum absolute atomic E-state index is 0.405. The quantitative estimate of drug-likeness (QED) is 0.326. The van der Waals surface area contributed by atoms with Crippen LogP contribution < -0.4 is 0 Å². The molecule has 1 aromatic rings. The molecule has 1 aromatic carbocycles. The summed E-state index contributed by atoms with van der Waals surface area (Å²) in [5.74, 6) is 0. The molecule has 19 heavy (non-hydrogen) atoms. The van der Waals surface area contributed by atoms with Crippen molar-refractivity contribution in [2.24, 2.45) is 10.3 Å². The summed E-state index contributed by atoms with van der Waals surface area (Å²) in [4.78, 5) is 10.1. The van der Waals surface area contributed by atoms with E-state index in [9.17, 15) is 0 Å². The molecule has 0 radical (unpaired) electrons. The van der Waals surface area contributed by atoms with Gasteiger partial charge in [0, 0.05) is 0 Å². The van der Waals surface area contributed by atoms with Crippen LogP contribution in [-0.2, 0) is 9.68 Å². The first-order valence-corrected chi connectivity index (χ1v) is 6.23. The maximum atomic E-state index is 5.08. The Morgan fingerprint density at radius 1 is 1.16 bits per heavy atom. The molecular formula is C15H20N2O2. The van der Waals surface area contributed by atoms with Crippen LogP contribution in [0.5, 0.6) is 0 Å². The summed E-state index contributed by atoms with van der Waals surface area (Å²) < 4.78 is 0. The molecule has 0 aliphatic heterocycles. The average Bonchev–Trinajstić information content (AvgIpc) is 2.45. The third-order valence-electron chi connectivity index (χ3n) is 2.42. The van der Waals surface area contributed by atoms with Crippen LogP contribution in [-0.4, -0.2) is 24.6 Å². The zero-order valence-corrected chi connectivity index (χ0v) is 11.7. The normalized spacial score (nSPS) is 12.2. The molecule has 0 spiro atoms. The van der Waals surface area contributed by atoms with Crippen LogP contribution in [0, 0.1) is 0 Å². The van der Waals surface area contributed by atoms with Crippen molar-refractivity contribution in [2.45, 2.75) is 20.8 Å². The number of hydrogen-bond acceptors (Lipinski definition) is 4. The minimum Gasteiger partial charge on any atom is -0.396 e. The Kier molecular flexibility index (Phi) is 6.36. The second kappa shape index (κ2) is 8.08. The fourth-order valence-corrected chi connectivity index (χ4v) is 1.42. The second-order valence-electron chi connectivity index (χ2n) is 3.94. The fourth-order valence-electron chi connectivity index (χ4n) is 1.42. The molecular weight excluding hydrogens is 240 g/mol. The molecule has 0 aliphatic rings. The Bertz CT molecular complexity index is 479. The number of rotatable bonds is 7. The summed E-state index contributed by atoms with van der Waals surface area (Å²) in [5.41, 5.74) is 3.65. The van der Waals surface area contributed by atoms with Crippen molar-refractivity contribution < 1.29 is 9.68 Å². The number of oxime groups is 2. The molecule has 0 aromatic heterocycles. The monoisotopic (exact) mass is 260 g/mol. The molecule has 0 saturated heterocycles. The van der Waals surface area contributed by atoms with E-state index in [-0.39, 0.29) is 0 Å². The van der Waals surface area contributed by atoms with E-state index >= 15 is 0 Å². The first-order valence-electron chi connectivity index (χ1n) is 6.23. The van der Waals surface area contributed by atoms with Crippen molar-refractivity contribution in [3.63, 3.8) is 0 Å². The SMILES string of the molecule is C=CCO/N=C(\C)c1cccc(/C(C)=N/OCC)c1. The molecule has 0 atom stereocenters. The van der Waals surface area contributed by atoms with E-state index in [0.717, 1.165) is 22.6 Å². The Morgan fingerprint density at radius 2 is 1.74 bits per heavy atom. The van der Waals surface area contributed by atoms with Crippen molar-refractivity contribution in [3.05, 3.63) is 48.0 Å². The van der Waals surface area contributed by atoms with Crippen LogP contribution in [0.3, 0.4) is 0 Å². The summed E-state index contributed by atoms with van der Waals surface area (Å²) in [7, 11) is 0. The highest BCUT2D eigenvalue weighted by Crippen LogP contribution is 2.08. The average molecular weight is 260 g/mol. The minimum atomic E-state index is 0.405. The summed E-state index contributed by atoms with van der Waals surface area (Å²) in [6.45, 7) is 10.3. The predicted octanol–water partition coefficient (Wildman–Crippen LogP) is 3.37. The van der Waals surface area contributed by atoms with Crippen molar-refractivity contribution in [1.82, 2.24) is 0 Å². The Hall–Kier alpha value is -2.10. The lowest BCUT2D eigenvalue weighted by molar-refractivity contribution is 0.159. The van der Waals surface area contributed by atoms with Gasteiger partial charge in [-0.25, -0.2) is 0 Å². The third-order valence-corrected chi connectivity index (χ3v) is 2.42. The molecule has 0 N–H and O–H groups in total. The van der Waals surface area contributed by atoms with Gasteiger partial charge in [-0.15, -0.1) is 0 Å². The fraction of sp³-hybridized carbons (Fsp3) is 0.333. The van der Waals surface area contributed by atoms with Gasteiger partial charge in [0.2, 0.25) is 0 Å². The van der Waals surface area contributed by atoms with Crippen molar-refractivity contribution >= 4 is 11.4 Å². The van der Waals surface area contributed by atoms with Gasteiger partial charge >= 0.3 is 0 Å². The number of hydrogen-bond donors (Lipinski definition) is 0. The summed E-state index contributed by atoms with van der Waals surface area (Å²) >= 11 is 0. The molecule has 4 heteroatoms. The van der Waals surface area contributed by atoms with E-state index in [0.29, 0.717) is 13.2 Å². The Labute approximate surface area is 114 Å². The van der Waals surface area contributed by atoms with Gasteiger partial charge in [-0.05, 0) is 38.0 Å². The zero-order chi connectivity index (χ0) is 14.1. The number of benzene rings is 1. The van der Waals surface area contributed by atoms with Crippen LogP contribution in [0.1, 0.15) is 31.9 Å². The van der Waals surface area contributed by atoms with E-state index < -0.39 is 0 Å². The Balaban J connectivity index is 2.87. The molecule has 4 nitrogen and oxygen atoms in total. The molecule has 1 rings (SSSR count). The van der Waals surface area contributed by atoms with Crippen LogP contribution in [0.15, 0.2) is 47.2 Å². The van der Waals surface area contributed by atoms with Crippen LogP contribution in [0.25, 0.3) is 0 Å². The van der Waals surface area contributed by atoms with Crippen LogP contribution in [0.2, 0.25) is 0 Å². The van der Waals surface area contributed by atoms with Crippen LogP contribution >= 0.6 is 0 Å². The maximum Gasteiger partial charge on any atom is 0.135 e. The predicted molar refractivity (Wildman–Crippen MR) is 78.6 cm³/mol. The van der Waals surface area contributed by atoms with Gasteiger partial charge in [0.15, 0.2) is 0 Å². The van der Waals surface area contributed by atoms with Crippen molar-refractivity contribution in [1.29, 1.82) is 0 Å². The molecule has 0 saturated carbocycles. The first-order chi connectivity index (χ1) is 9.19. The third kappa shape index (κ3) is 4.95. The van der Waals surface area contributed by atoms with Gasteiger partial charge in [-0.1, -0.05) is 41.2 Å². The lowest BCUT2D eigenvalue weighted by Crippen LogP contribution is -2.01. The second-order valence-corrected chi connectivity index (χ2v) is 3.94. The van der Waals surface area contributed by atoms with E-state index in [1.165, 1.54) is 0 Å². The smallest absolute Gasteiger partial charge is 0.135 e. The molecule has 0 bridgehead atoms. The van der Waals surface area contributed by atoms with Gasteiger partial charge < -0.3 is 9.68 Å². The molecule has 102 valence electrons. The highest BCUT2D eigenvalue weighted by Gasteiger charge is 2.03. The summed E-state index contributed by atoms with van der Waals surface area (Å²) in [5, 5.41) is 8.04. The van der Waals surface area contributed by atoms with E-state index in [4.69, 9.17) is 9.68 Å². The van der Waals surface area contributed by atoms with Gasteiger partial charge in [0.25, 0.3) is 0 Å². The first kappa shape index (κ1) is 15.0. The van der Waals surface area contributed by atoms with E-state index in [1.54, 1.807) is 6.08 Å². The van der Waals surface area contributed by atoms with Gasteiger partial charge in [-0.3, -0.25) is 0 Å². The molecule has 0 aliphatic carbocycles. The van der Waals surface area contributed by atoms with Crippen LogP contribution in [0.4, 0.5) is 0 Å². The van der Waals surface area contributed by atoms with E-state index in [2.05, 4.69) is 16.9 Å². The van der Waals surface area contributed by atoms with Gasteiger partial charge in [0.05, 0.1) is 11.4 Å². The highest BCUT2D eigenvalue weighted by molar-refractivity contribution is 6.03. The Morgan fingerprint density at radius 3 is 2.26 bits per heavy atom. The van der Waals surface area contributed by atoms with Gasteiger partial charge in [0.1, 0.15) is 13.2 Å². The van der Waals surface area contributed by atoms with E-state index in [1.807, 2.05) is 45.0 Å².